The second-order valence-corrected chi connectivity index (χ2v) is 9.54. The lowest BCUT2D eigenvalue weighted by atomic mass is 9.98. The second kappa shape index (κ2) is 8.00. The summed E-state index contributed by atoms with van der Waals surface area (Å²) in [6.45, 7) is 1.85. The van der Waals surface area contributed by atoms with Crippen LogP contribution in [-0.4, -0.2) is 51.9 Å². The number of hydrogen-bond acceptors (Lipinski definition) is 3. The number of halogens is 1. The molecule has 0 radical (unpaired) electrons. The van der Waals surface area contributed by atoms with E-state index in [-0.39, 0.29) is 16.7 Å². The summed E-state index contributed by atoms with van der Waals surface area (Å²) in [7, 11) is 0. The Morgan fingerprint density at radius 1 is 0.871 bits per heavy atom. The first-order chi connectivity index (χ1) is 15.1. The van der Waals surface area contributed by atoms with E-state index in [4.69, 9.17) is 0 Å². The van der Waals surface area contributed by atoms with Gasteiger partial charge in [-0.2, -0.15) is 0 Å². The highest BCUT2D eigenvalue weighted by molar-refractivity contribution is 8.00. The molecular weight excluding hydrogens is 411 g/mol. The van der Waals surface area contributed by atoms with Gasteiger partial charge in [0.2, 0.25) is 0 Å². The van der Waals surface area contributed by atoms with Crippen LogP contribution in [0.15, 0.2) is 66.7 Å². The van der Waals surface area contributed by atoms with Crippen LogP contribution in [-0.2, 0) is 0 Å². The van der Waals surface area contributed by atoms with Gasteiger partial charge in [0.25, 0.3) is 11.8 Å². The van der Waals surface area contributed by atoms with E-state index in [0.29, 0.717) is 25.2 Å². The number of benzene rings is 3. The van der Waals surface area contributed by atoms with Gasteiger partial charge in [-0.25, -0.2) is 4.39 Å². The van der Waals surface area contributed by atoms with Crippen molar-refractivity contribution in [3.8, 4) is 0 Å². The summed E-state index contributed by atoms with van der Waals surface area (Å²) >= 11 is 1.79. The van der Waals surface area contributed by atoms with Gasteiger partial charge in [-0.05, 0) is 47.9 Å². The summed E-state index contributed by atoms with van der Waals surface area (Å²) in [5.41, 5.74) is 1.11. The van der Waals surface area contributed by atoms with Gasteiger partial charge in [0.1, 0.15) is 5.82 Å². The van der Waals surface area contributed by atoms with Crippen LogP contribution in [0, 0.1) is 5.82 Å². The Hall–Kier alpha value is -2.86. The molecule has 158 valence electrons. The SMILES string of the molecule is O=C(c1cccc2ccccc12)N1CCC2(CC1)SCCN2C(=O)c1cccc(F)c1. The highest BCUT2D eigenvalue weighted by Gasteiger charge is 2.47. The van der Waals surface area contributed by atoms with E-state index in [2.05, 4.69) is 0 Å². The summed E-state index contributed by atoms with van der Waals surface area (Å²) in [5.74, 6) is 0.372. The third-order valence-electron chi connectivity index (χ3n) is 6.35. The van der Waals surface area contributed by atoms with Crippen molar-refractivity contribution in [1.82, 2.24) is 9.80 Å². The number of fused-ring (bicyclic) bond motifs is 1. The smallest absolute Gasteiger partial charge is 0.255 e. The molecule has 0 bridgehead atoms. The molecule has 0 saturated carbocycles. The van der Waals surface area contributed by atoms with E-state index >= 15 is 0 Å². The van der Waals surface area contributed by atoms with Crippen molar-refractivity contribution >= 4 is 34.3 Å². The first kappa shape index (κ1) is 20.1. The zero-order valence-corrected chi connectivity index (χ0v) is 17.9. The molecule has 3 aromatic rings. The predicted octanol–water partition coefficient (Wildman–Crippen LogP) is 4.80. The molecule has 0 aliphatic carbocycles. The second-order valence-electron chi connectivity index (χ2n) is 8.08. The Morgan fingerprint density at radius 3 is 2.42 bits per heavy atom. The molecule has 2 amide bonds. The zero-order chi connectivity index (χ0) is 21.4. The molecule has 1 spiro atoms. The van der Waals surface area contributed by atoms with Gasteiger partial charge >= 0.3 is 0 Å². The van der Waals surface area contributed by atoms with Gasteiger partial charge in [-0.3, -0.25) is 9.59 Å². The van der Waals surface area contributed by atoms with E-state index in [0.717, 1.165) is 34.9 Å². The zero-order valence-electron chi connectivity index (χ0n) is 17.1. The number of hydrogen-bond donors (Lipinski definition) is 0. The number of thioether (sulfide) groups is 1. The highest BCUT2D eigenvalue weighted by atomic mass is 32.2. The number of carbonyl (C=O) groups excluding carboxylic acids is 2. The molecule has 6 heteroatoms. The third-order valence-corrected chi connectivity index (χ3v) is 7.90. The fourth-order valence-electron chi connectivity index (χ4n) is 4.73. The van der Waals surface area contributed by atoms with Crippen LogP contribution >= 0.6 is 11.8 Å². The molecule has 4 nitrogen and oxygen atoms in total. The van der Waals surface area contributed by atoms with Crippen molar-refractivity contribution in [1.29, 1.82) is 0 Å². The standard InChI is InChI=1S/C25H23FN2O2S/c26-20-8-3-7-19(17-20)23(29)28-15-16-31-25(28)11-13-27(14-12-25)24(30)22-10-4-6-18-5-1-2-9-21(18)22/h1-10,17H,11-16H2. The molecule has 31 heavy (non-hydrogen) atoms. The largest absolute Gasteiger partial charge is 0.338 e. The van der Waals surface area contributed by atoms with Crippen LogP contribution in [0.25, 0.3) is 10.8 Å². The maximum Gasteiger partial charge on any atom is 0.255 e. The van der Waals surface area contributed by atoms with Crippen molar-refractivity contribution in [2.75, 3.05) is 25.4 Å². The van der Waals surface area contributed by atoms with Gasteiger partial charge in [0, 0.05) is 36.5 Å². The molecule has 2 fully saturated rings. The first-order valence-electron chi connectivity index (χ1n) is 10.6. The van der Waals surface area contributed by atoms with Gasteiger partial charge in [0.05, 0.1) is 4.87 Å². The van der Waals surface area contributed by atoms with Gasteiger partial charge in [0.15, 0.2) is 0 Å². The van der Waals surface area contributed by atoms with E-state index in [1.165, 1.54) is 12.1 Å². The molecule has 5 rings (SSSR count). The Kier molecular flexibility index (Phi) is 5.18. The van der Waals surface area contributed by atoms with Crippen LogP contribution in [0.3, 0.4) is 0 Å². The topological polar surface area (TPSA) is 40.6 Å². The molecule has 0 unspecified atom stereocenters. The fraction of sp³-hybridized carbons (Fsp3) is 0.280. The number of nitrogens with zero attached hydrogens (tertiary/aromatic N) is 2. The summed E-state index contributed by atoms with van der Waals surface area (Å²) in [4.78, 5) is 29.9. The summed E-state index contributed by atoms with van der Waals surface area (Å²) in [6.07, 6.45) is 1.43. The van der Waals surface area contributed by atoms with Gasteiger partial charge in [-0.15, -0.1) is 11.8 Å². The number of rotatable bonds is 2. The molecule has 0 N–H and O–H groups in total. The van der Waals surface area contributed by atoms with Crippen LogP contribution in [0.1, 0.15) is 33.6 Å². The predicted molar refractivity (Wildman–Crippen MR) is 122 cm³/mol. The monoisotopic (exact) mass is 434 g/mol. The molecule has 2 saturated heterocycles. The summed E-state index contributed by atoms with van der Waals surface area (Å²) < 4.78 is 13.6. The first-order valence-corrected chi connectivity index (χ1v) is 11.5. The molecular formula is C25H23FN2O2S. The minimum atomic E-state index is -0.401. The molecule has 0 aromatic heterocycles. The number of carbonyl (C=O) groups is 2. The van der Waals surface area contributed by atoms with Crippen LogP contribution in [0.4, 0.5) is 4.39 Å². The fourth-order valence-corrected chi connectivity index (χ4v) is 6.18. The van der Waals surface area contributed by atoms with E-state index in [1.54, 1.807) is 23.9 Å². The number of likely N-dealkylation sites (tertiary alicyclic amines) is 1. The maximum absolute atomic E-state index is 13.6. The van der Waals surface area contributed by atoms with E-state index in [1.807, 2.05) is 52.3 Å². The van der Waals surface area contributed by atoms with Crippen molar-refractivity contribution < 1.29 is 14.0 Å². The number of piperidine rings is 1. The van der Waals surface area contributed by atoms with E-state index < -0.39 is 5.82 Å². The van der Waals surface area contributed by atoms with Crippen molar-refractivity contribution in [3.05, 3.63) is 83.7 Å². The van der Waals surface area contributed by atoms with Crippen LogP contribution in [0.2, 0.25) is 0 Å². The van der Waals surface area contributed by atoms with Gasteiger partial charge in [-0.1, -0.05) is 42.5 Å². The molecule has 3 aromatic carbocycles. The number of amides is 2. The average Bonchev–Trinajstić information content (AvgIpc) is 3.21. The highest BCUT2D eigenvalue weighted by Crippen LogP contribution is 2.44. The minimum absolute atomic E-state index is 0.0395. The lowest BCUT2D eigenvalue weighted by molar-refractivity contribution is 0.0498. The molecule has 2 aliphatic rings. The van der Waals surface area contributed by atoms with Crippen molar-refractivity contribution in [2.45, 2.75) is 17.7 Å². The van der Waals surface area contributed by atoms with Crippen LogP contribution < -0.4 is 0 Å². The van der Waals surface area contributed by atoms with Crippen molar-refractivity contribution in [2.24, 2.45) is 0 Å². The Balaban J connectivity index is 1.34. The Morgan fingerprint density at radius 2 is 1.61 bits per heavy atom. The molecule has 2 aliphatic heterocycles. The molecule has 2 heterocycles. The molecule has 0 atom stereocenters. The summed E-state index contributed by atoms with van der Waals surface area (Å²) in [5, 5.41) is 2.02. The van der Waals surface area contributed by atoms with Crippen molar-refractivity contribution in [3.63, 3.8) is 0 Å². The quantitative estimate of drug-likeness (QED) is 0.582. The van der Waals surface area contributed by atoms with Gasteiger partial charge < -0.3 is 9.80 Å². The lowest BCUT2D eigenvalue weighted by Crippen LogP contribution is -2.53. The Labute approximate surface area is 185 Å². The summed E-state index contributed by atoms with van der Waals surface area (Å²) in [6, 6.07) is 19.7. The minimum Gasteiger partial charge on any atom is -0.338 e. The lowest BCUT2D eigenvalue weighted by Gasteiger charge is -2.44. The normalized spacial score (nSPS) is 18.0. The van der Waals surface area contributed by atoms with E-state index in [9.17, 15) is 14.0 Å². The Bertz CT molecular complexity index is 1150. The average molecular weight is 435 g/mol. The van der Waals surface area contributed by atoms with Crippen LogP contribution in [0.5, 0.6) is 0 Å². The maximum atomic E-state index is 13.6. The third kappa shape index (κ3) is 3.59.